The first kappa shape index (κ1) is 18.9. The van der Waals surface area contributed by atoms with Crippen LogP contribution < -0.4 is 11.1 Å². The fourth-order valence-corrected chi connectivity index (χ4v) is 2.35. The van der Waals surface area contributed by atoms with Crippen molar-refractivity contribution in [1.29, 1.82) is 0 Å². The molecule has 9 heteroatoms. The Morgan fingerprint density at radius 1 is 1.41 bits per heavy atom. The topological polar surface area (TPSA) is 58.4 Å². The second kappa shape index (κ2) is 7.39. The van der Waals surface area contributed by atoms with Crippen molar-refractivity contribution in [3.8, 4) is 0 Å². The van der Waals surface area contributed by atoms with Crippen LogP contribution >= 0.6 is 24.0 Å². The van der Waals surface area contributed by atoms with E-state index in [0.717, 1.165) is 31.0 Å². The summed E-state index contributed by atoms with van der Waals surface area (Å²) in [6, 6.07) is 2.20. The maximum atomic E-state index is 12.7. The molecule has 4 nitrogen and oxygen atoms in total. The molecule has 2 rings (SSSR count). The number of amides is 2. The van der Waals surface area contributed by atoms with Crippen molar-refractivity contribution in [1.82, 2.24) is 4.90 Å². The van der Waals surface area contributed by atoms with Crippen molar-refractivity contribution in [2.45, 2.75) is 25.1 Å². The van der Waals surface area contributed by atoms with Crippen LogP contribution in [0, 0.1) is 0 Å². The summed E-state index contributed by atoms with van der Waals surface area (Å²) in [6.45, 7) is 0.901. The molecule has 3 N–H and O–H groups in total. The predicted molar refractivity (Wildman–Crippen MR) is 81.5 cm³/mol. The van der Waals surface area contributed by atoms with E-state index in [4.69, 9.17) is 17.3 Å². The summed E-state index contributed by atoms with van der Waals surface area (Å²) in [5.74, 6) is 0. The van der Waals surface area contributed by atoms with Crippen LogP contribution in [-0.2, 0) is 6.18 Å². The number of urea groups is 1. The number of nitrogens with zero attached hydrogens (tertiary/aromatic N) is 1. The lowest BCUT2D eigenvalue weighted by Gasteiger charge is -2.30. The highest BCUT2D eigenvalue weighted by Gasteiger charge is 2.31. The Balaban J connectivity index is 0.00000242. The molecule has 1 aliphatic heterocycles. The number of carbonyl (C=O) groups is 1. The lowest BCUT2D eigenvalue weighted by molar-refractivity contribution is -0.137. The molecule has 1 aliphatic rings. The monoisotopic (exact) mass is 357 g/mol. The van der Waals surface area contributed by atoms with Gasteiger partial charge in [-0.05, 0) is 31.0 Å². The summed E-state index contributed by atoms with van der Waals surface area (Å²) in [7, 11) is 0. The Bertz CT molecular complexity index is 540. The highest BCUT2D eigenvalue weighted by atomic mass is 35.5. The van der Waals surface area contributed by atoms with E-state index in [2.05, 4.69) is 5.32 Å². The number of likely N-dealkylation sites (tertiary alicyclic amines) is 1. The minimum atomic E-state index is -4.49. The summed E-state index contributed by atoms with van der Waals surface area (Å²) in [5, 5.41) is 2.47. The van der Waals surface area contributed by atoms with Crippen LogP contribution in [0.1, 0.15) is 18.4 Å². The van der Waals surface area contributed by atoms with Crippen molar-refractivity contribution >= 4 is 35.7 Å². The van der Waals surface area contributed by atoms with Crippen LogP contribution in [0.5, 0.6) is 0 Å². The van der Waals surface area contributed by atoms with Gasteiger partial charge in [0, 0.05) is 19.1 Å². The van der Waals surface area contributed by atoms with Crippen LogP contribution in [0.3, 0.4) is 0 Å². The van der Waals surface area contributed by atoms with Crippen molar-refractivity contribution in [3.63, 3.8) is 0 Å². The van der Waals surface area contributed by atoms with E-state index in [0.29, 0.717) is 13.1 Å². The fourth-order valence-electron chi connectivity index (χ4n) is 2.19. The molecular formula is C13H16Cl2F3N3O. The number of benzene rings is 1. The molecule has 1 fully saturated rings. The van der Waals surface area contributed by atoms with E-state index in [1.807, 2.05) is 0 Å². The SMILES string of the molecule is Cl.N[C@H]1CCCN(C(=O)Nc2cc(C(F)(F)F)ccc2Cl)C1. The largest absolute Gasteiger partial charge is 0.416 e. The van der Waals surface area contributed by atoms with Crippen molar-refractivity contribution in [3.05, 3.63) is 28.8 Å². The first-order valence-corrected chi connectivity index (χ1v) is 6.83. The van der Waals surface area contributed by atoms with Gasteiger partial charge in [0.15, 0.2) is 0 Å². The van der Waals surface area contributed by atoms with E-state index in [1.54, 1.807) is 0 Å². The van der Waals surface area contributed by atoms with Gasteiger partial charge in [-0.3, -0.25) is 0 Å². The van der Waals surface area contributed by atoms with E-state index in [-0.39, 0.29) is 29.2 Å². The normalized spacial score (nSPS) is 18.6. The Morgan fingerprint density at radius 2 is 2.09 bits per heavy atom. The van der Waals surface area contributed by atoms with E-state index < -0.39 is 17.8 Å². The maximum absolute atomic E-state index is 12.7. The van der Waals surface area contributed by atoms with Crippen LogP contribution in [-0.4, -0.2) is 30.1 Å². The molecular weight excluding hydrogens is 342 g/mol. The smallest absolute Gasteiger partial charge is 0.326 e. The summed E-state index contributed by atoms with van der Waals surface area (Å²) in [4.78, 5) is 13.5. The zero-order chi connectivity index (χ0) is 15.6. The zero-order valence-electron chi connectivity index (χ0n) is 11.5. The van der Waals surface area contributed by atoms with Gasteiger partial charge in [0.2, 0.25) is 0 Å². The summed E-state index contributed by atoms with van der Waals surface area (Å²) >= 11 is 5.83. The Kier molecular flexibility index (Phi) is 6.34. The predicted octanol–water partition coefficient (Wildman–Crippen LogP) is 3.74. The number of rotatable bonds is 1. The van der Waals surface area contributed by atoms with Gasteiger partial charge in [0.05, 0.1) is 16.3 Å². The van der Waals surface area contributed by atoms with Crippen LogP contribution in [0.4, 0.5) is 23.7 Å². The molecule has 1 saturated heterocycles. The Hall–Kier alpha value is -1.18. The second-order valence-electron chi connectivity index (χ2n) is 4.97. The molecule has 124 valence electrons. The number of alkyl halides is 3. The van der Waals surface area contributed by atoms with Crippen LogP contribution in [0.25, 0.3) is 0 Å². The number of carbonyl (C=O) groups excluding carboxylic acids is 1. The first-order valence-electron chi connectivity index (χ1n) is 6.45. The Morgan fingerprint density at radius 3 is 2.68 bits per heavy atom. The molecule has 1 atom stereocenters. The van der Waals surface area contributed by atoms with Gasteiger partial charge >= 0.3 is 12.2 Å². The van der Waals surface area contributed by atoms with Gasteiger partial charge in [0.25, 0.3) is 0 Å². The number of nitrogens with one attached hydrogen (secondary N) is 1. The summed E-state index contributed by atoms with van der Waals surface area (Å²) < 4.78 is 38.0. The molecule has 0 aromatic heterocycles. The van der Waals surface area contributed by atoms with Gasteiger partial charge in [-0.2, -0.15) is 13.2 Å². The molecule has 0 saturated carbocycles. The molecule has 2 amide bonds. The van der Waals surface area contributed by atoms with Crippen molar-refractivity contribution in [2.24, 2.45) is 5.73 Å². The highest BCUT2D eigenvalue weighted by Crippen LogP contribution is 2.33. The van der Waals surface area contributed by atoms with Gasteiger partial charge < -0.3 is 16.0 Å². The average Bonchev–Trinajstić information content (AvgIpc) is 2.40. The number of nitrogens with two attached hydrogens (primary N) is 1. The van der Waals surface area contributed by atoms with Crippen molar-refractivity contribution in [2.75, 3.05) is 18.4 Å². The van der Waals surface area contributed by atoms with Crippen molar-refractivity contribution < 1.29 is 18.0 Å². The molecule has 0 bridgehead atoms. The minimum Gasteiger partial charge on any atom is -0.326 e. The molecule has 0 unspecified atom stereocenters. The maximum Gasteiger partial charge on any atom is 0.416 e. The fraction of sp³-hybridized carbons (Fsp3) is 0.462. The highest BCUT2D eigenvalue weighted by molar-refractivity contribution is 6.33. The van der Waals surface area contributed by atoms with E-state index in [9.17, 15) is 18.0 Å². The second-order valence-corrected chi connectivity index (χ2v) is 5.38. The van der Waals surface area contributed by atoms with Crippen LogP contribution in [0.15, 0.2) is 18.2 Å². The minimum absolute atomic E-state index is 0. The molecule has 22 heavy (non-hydrogen) atoms. The molecule has 0 radical (unpaired) electrons. The average molecular weight is 358 g/mol. The lowest BCUT2D eigenvalue weighted by atomic mass is 10.1. The Labute approximate surface area is 137 Å². The number of halogens is 5. The zero-order valence-corrected chi connectivity index (χ0v) is 13.1. The van der Waals surface area contributed by atoms with Gasteiger partial charge in [-0.1, -0.05) is 11.6 Å². The third-order valence-electron chi connectivity index (χ3n) is 3.28. The molecule has 0 aliphatic carbocycles. The number of hydrogen-bond donors (Lipinski definition) is 2. The number of piperidine rings is 1. The molecule has 1 aromatic rings. The molecule has 0 spiro atoms. The molecule has 1 heterocycles. The quantitative estimate of drug-likeness (QED) is 0.804. The standard InChI is InChI=1S/C13H15ClF3N3O.ClH/c14-10-4-3-8(13(15,16)17)6-11(10)19-12(21)20-5-1-2-9(18)7-20;/h3-4,6,9H,1-2,5,7,18H2,(H,19,21);1H/t9-;/m0./s1. The molecule has 1 aromatic carbocycles. The summed E-state index contributed by atoms with van der Waals surface area (Å²) in [5.41, 5.74) is 4.85. The van der Waals surface area contributed by atoms with E-state index in [1.165, 1.54) is 4.90 Å². The van der Waals surface area contributed by atoms with Crippen LogP contribution in [0.2, 0.25) is 5.02 Å². The number of anilines is 1. The summed E-state index contributed by atoms with van der Waals surface area (Å²) in [6.07, 6.45) is -2.89. The van der Waals surface area contributed by atoms with Gasteiger partial charge in [0.1, 0.15) is 0 Å². The van der Waals surface area contributed by atoms with E-state index >= 15 is 0 Å². The lowest BCUT2D eigenvalue weighted by Crippen LogP contribution is -2.47. The van der Waals surface area contributed by atoms with Gasteiger partial charge in [-0.15, -0.1) is 12.4 Å². The number of hydrogen-bond acceptors (Lipinski definition) is 2. The first-order chi connectivity index (χ1) is 9.77. The third kappa shape index (κ3) is 4.66. The third-order valence-corrected chi connectivity index (χ3v) is 3.61. The van der Waals surface area contributed by atoms with Gasteiger partial charge in [-0.25, -0.2) is 4.79 Å².